The first-order chi connectivity index (χ1) is 8.08. The number of hydrogen-bond donors (Lipinski definition) is 1. The van der Waals surface area contributed by atoms with Crippen molar-refractivity contribution in [3.05, 3.63) is 22.4 Å². The topological polar surface area (TPSA) is 46.2 Å². The summed E-state index contributed by atoms with van der Waals surface area (Å²) >= 11 is 1.45. The molecule has 1 aromatic rings. The van der Waals surface area contributed by atoms with Crippen molar-refractivity contribution in [3.63, 3.8) is 0 Å². The zero-order chi connectivity index (χ0) is 12.4. The first-order valence-corrected chi connectivity index (χ1v) is 6.83. The van der Waals surface area contributed by atoms with Gasteiger partial charge in [-0.2, -0.15) is 0 Å². The van der Waals surface area contributed by atoms with Gasteiger partial charge in [0.1, 0.15) is 0 Å². The van der Waals surface area contributed by atoms with E-state index in [1.165, 1.54) is 11.3 Å². The molecule has 1 fully saturated rings. The standard InChI is InChI=1S/C13H17NO2S/c1-8-6-10(8)13(16)14-9(2)7-11(15)12-4-3-5-17-12/h3-5,8-10H,6-7H2,1-2H3,(H,14,16)/t8-,9-,10+/m1/s1. The number of nitrogens with one attached hydrogen (secondary N) is 1. The Morgan fingerprint density at radius 2 is 2.29 bits per heavy atom. The summed E-state index contributed by atoms with van der Waals surface area (Å²) in [5.74, 6) is 0.894. The van der Waals surface area contributed by atoms with Crippen LogP contribution in [-0.4, -0.2) is 17.7 Å². The minimum absolute atomic E-state index is 0.0788. The Morgan fingerprint density at radius 1 is 1.59 bits per heavy atom. The molecule has 0 unspecified atom stereocenters. The normalized spacial score (nSPS) is 24.1. The lowest BCUT2D eigenvalue weighted by Crippen LogP contribution is -2.35. The summed E-state index contributed by atoms with van der Waals surface area (Å²) in [5, 5.41) is 4.80. The number of rotatable bonds is 5. The van der Waals surface area contributed by atoms with Crippen LogP contribution in [0.1, 0.15) is 36.4 Å². The first kappa shape index (κ1) is 12.3. The van der Waals surface area contributed by atoms with Crippen molar-refractivity contribution < 1.29 is 9.59 Å². The molecular formula is C13H17NO2S. The summed E-state index contributed by atoms with van der Waals surface area (Å²) in [6.07, 6.45) is 1.37. The number of carbonyl (C=O) groups excluding carboxylic acids is 2. The van der Waals surface area contributed by atoms with E-state index in [2.05, 4.69) is 12.2 Å². The van der Waals surface area contributed by atoms with E-state index >= 15 is 0 Å². The predicted molar refractivity (Wildman–Crippen MR) is 68.1 cm³/mol. The Hall–Kier alpha value is -1.16. The smallest absolute Gasteiger partial charge is 0.223 e. The van der Waals surface area contributed by atoms with E-state index in [4.69, 9.17) is 0 Å². The average molecular weight is 251 g/mol. The molecule has 1 amide bonds. The number of Topliss-reactive ketones (excluding diaryl/α,β-unsaturated/α-hetero) is 1. The second-order valence-corrected chi connectivity index (χ2v) is 5.78. The molecule has 1 saturated carbocycles. The summed E-state index contributed by atoms with van der Waals surface area (Å²) in [4.78, 5) is 24.3. The Balaban J connectivity index is 1.79. The molecule has 3 nitrogen and oxygen atoms in total. The highest BCUT2D eigenvalue weighted by atomic mass is 32.1. The van der Waals surface area contributed by atoms with E-state index in [-0.39, 0.29) is 23.7 Å². The predicted octanol–water partition coefficient (Wildman–Crippen LogP) is 2.48. The Kier molecular flexibility index (Phi) is 3.62. The van der Waals surface area contributed by atoms with Crippen molar-refractivity contribution in [2.75, 3.05) is 0 Å². The van der Waals surface area contributed by atoms with Gasteiger partial charge in [0, 0.05) is 18.4 Å². The molecule has 1 heterocycles. The van der Waals surface area contributed by atoms with Crippen LogP contribution < -0.4 is 5.32 Å². The monoisotopic (exact) mass is 251 g/mol. The summed E-state index contributed by atoms with van der Waals surface area (Å²) in [6, 6.07) is 3.61. The summed E-state index contributed by atoms with van der Waals surface area (Å²) in [5.41, 5.74) is 0. The average Bonchev–Trinajstić information content (AvgIpc) is 2.81. The maximum absolute atomic E-state index is 11.8. The minimum Gasteiger partial charge on any atom is -0.353 e. The first-order valence-electron chi connectivity index (χ1n) is 5.95. The summed E-state index contributed by atoms with van der Waals surface area (Å²) < 4.78 is 0. The van der Waals surface area contributed by atoms with Gasteiger partial charge in [0.2, 0.25) is 5.91 Å². The zero-order valence-electron chi connectivity index (χ0n) is 10.1. The molecule has 0 saturated heterocycles. The van der Waals surface area contributed by atoms with E-state index in [0.29, 0.717) is 12.3 Å². The molecule has 17 heavy (non-hydrogen) atoms. The quantitative estimate of drug-likeness (QED) is 0.817. The largest absolute Gasteiger partial charge is 0.353 e. The number of ketones is 1. The second-order valence-electron chi connectivity index (χ2n) is 4.83. The molecule has 0 aliphatic heterocycles. The van der Waals surface area contributed by atoms with Gasteiger partial charge >= 0.3 is 0 Å². The molecule has 0 spiro atoms. The van der Waals surface area contributed by atoms with Crippen molar-refractivity contribution in [1.29, 1.82) is 0 Å². The van der Waals surface area contributed by atoms with Crippen LogP contribution in [0.5, 0.6) is 0 Å². The fourth-order valence-electron chi connectivity index (χ4n) is 1.90. The summed E-state index contributed by atoms with van der Waals surface area (Å²) in [7, 11) is 0. The lowest BCUT2D eigenvalue weighted by molar-refractivity contribution is -0.123. The van der Waals surface area contributed by atoms with Crippen molar-refractivity contribution in [1.82, 2.24) is 5.32 Å². The molecule has 1 N–H and O–H groups in total. The number of hydrogen-bond acceptors (Lipinski definition) is 3. The highest BCUT2D eigenvalue weighted by molar-refractivity contribution is 7.12. The van der Waals surface area contributed by atoms with Gasteiger partial charge in [0.25, 0.3) is 0 Å². The molecule has 0 aromatic carbocycles. The minimum atomic E-state index is -0.0788. The molecule has 3 atom stereocenters. The maximum atomic E-state index is 11.8. The van der Waals surface area contributed by atoms with Gasteiger partial charge in [0.05, 0.1) is 4.88 Å². The number of amides is 1. The molecule has 2 rings (SSSR count). The fourth-order valence-corrected chi connectivity index (χ4v) is 2.58. The SMILES string of the molecule is C[C@H](CC(=O)c1cccs1)NC(=O)[C@H]1C[C@H]1C. The maximum Gasteiger partial charge on any atom is 0.223 e. The highest BCUT2D eigenvalue weighted by Crippen LogP contribution is 2.37. The van der Waals surface area contributed by atoms with E-state index in [0.717, 1.165) is 11.3 Å². The van der Waals surface area contributed by atoms with Gasteiger partial charge in [-0.15, -0.1) is 11.3 Å². The molecule has 1 aliphatic carbocycles. The Bertz CT molecular complexity index is 413. The lowest BCUT2D eigenvalue weighted by atomic mass is 10.1. The molecular weight excluding hydrogens is 234 g/mol. The third-order valence-corrected chi connectivity index (χ3v) is 4.03. The van der Waals surface area contributed by atoms with Crippen molar-refractivity contribution >= 4 is 23.0 Å². The highest BCUT2D eigenvalue weighted by Gasteiger charge is 2.39. The number of thiophene rings is 1. The van der Waals surface area contributed by atoms with Crippen LogP contribution in [-0.2, 0) is 4.79 Å². The van der Waals surface area contributed by atoms with E-state index in [9.17, 15) is 9.59 Å². The Labute approximate surface area is 105 Å². The van der Waals surface area contributed by atoms with Gasteiger partial charge in [-0.05, 0) is 30.7 Å². The third kappa shape index (κ3) is 3.16. The lowest BCUT2D eigenvalue weighted by Gasteiger charge is -2.12. The van der Waals surface area contributed by atoms with Gasteiger partial charge in [0.15, 0.2) is 5.78 Å². The van der Waals surface area contributed by atoms with Crippen LogP contribution in [0.2, 0.25) is 0 Å². The Morgan fingerprint density at radius 3 is 2.82 bits per heavy atom. The van der Waals surface area contributed by atoms with E-state index < -0.39 is 0 Å². The van der Waals surface area contributed by atoms with Crippen molar-refractivity contribution in [2.45, 2.75) is 32.7 Å². The molecule has 0 radical (unpaired) electrons. The molecule has 0 bridgehead atoms. The van der Waals surface area contributed by atoms with Crippen LogP contribution in [0.3, 0.4) is 0 Å². The summed E-state index contributed by atoms with van der Waals surface area (Å²) in [6.45, 7) is 3.96. The second kappa shape index (κ2) is 5.00. The van der Waals surface area contributed by atoms with Crippen LogP contribution in [0.4, 0.5) is 0 Å². The van der Waals surface area contributed by atoms with Crippen LogP contribution >= 0.6 is 11.3 Å². The van der Waals surface area contributed by atoms with Gasteiger partial charge < -0.3 is 5.32 Å². The fraction of sp³-hybridized carbons (Fsp3) is 0.538. The number of carbonyl (C=O) groups is 2. The molecule has 92 valence electrons. The molecule has 1 aliphatic rings. The van der Waals surface area contributed by atoms with Crippen LogP contribution in [0, 0.1) is 11.8 Å². The molecule has 1 aromatic heterocycles. The van der Waals surface area contributed by atoms with Crippen LogP contribution in [0.25, 0.3) is 0 Å². The third-order valence-electron chi connectivity index (χ3n) is 3.12. The van der Waals surface area contributed by atoms with Gasteiger partial charge in [-0.25, -0.2) is 0 Å². The van der Waals surface area contributed by atoms with Crippen LogP contribution in [0.15, 0.2) is 17.5 Å². The van der Waals surface area contributed by atoms with E-state index in [1.54, 1.807) is 0 Å². The van der Waals surface area contributed by atoms with Crippen molar-refractivity contribution in [3.8, 4) is 0 Å². The zero-order valence-corrected chi connectivity index (χ0v) is 10.9. The van der Waals surface area contributed by atoms with E-state index in [1.807, 2.05) is 24.4 Å². The van der Waals surface area contributed by atoms with Gasteiger partial charge in [-0.1, -0.05) is 13.0 Å². The molecule has 4 heteroatoms. The van der Waals surface area contributed by atoms with Crippen molar-refractivity contribution in [2.24, 2.45) is 11.8 Å². The van der Waals surface area contributed by atoms with Gasteiger partial charge in [-0.3, -0.25) is 9.59 Å².